The molecule has 0 aliphatic carbocycles. The molecule has 1 aromatic carbocycles. The topological polar surface area (TPSA) is 74.4 Å². The van der Waals surface area contributed by atoms with Gasteiger partial charge in [0, 0.05) is 11.8 Å². The Morgan fingerprint density at radius 3 is 2.94 bits per heavy atom. The van der Waals surface area contributed by atoms with Crippen LogP contribution >= 0.6 is 0 Å². The summed E-state index contributed by atoms with van der Waals surface area (Å²) in [7, 11) is 0. The molecule has 0 aliphatic heterocycles. The fraction of sp³-hybridized carbons (Fsp3) is 0. The molecule has 0 bridgehead atoms. The summed E-state index contributed by atoms with van der Waals surface area (Å²) in [6, 6.07) is 5.55. The number of fused-ring (bicyclic) bond motifs is 1. The molecule has 2 N–H and O–H groups in total. The molecule has 16 heavy (non-hydrogen) atoms. The van der Waals surface area contributed by atoms with Crippen molar-refractivity contribution in [3.63, 3.8) is 0 Å². The van der Waals surface area contributed by atoms with Crippen molar-refractivity contribution in [2.75, 3.05) is 0 Å². The summed E-state index contributed by atoms with van der Waals surface area (Å²) in [5.41, 5.74) is 2.45. The SMILES string of the molecule is O=c1[nH]cnc2ccc(-c3cn[nH]c3)cc12. The highest BCUT2D eigenvalue weighted by atomic mass is 16.1. The van der Waals surface area contributed by atoms with Gasteiger partial charge in [0.15, 0.2) is 0 Å². The van der Waals surface area contributed by atoms with Gasteiger partial charge in [-0.15, -0.1) is 0 Å². The number of nitrogens with zero attached hydrogens (tertiary/aromatic N) is 2. The normalized spacial score (nSPS) is 10.8. The maximum Gasteiger partial charge on any atom is 0.258 e. The second kappa shape index (κ2) is 3.30. The fourth-order valence-corrected chi connectivity index (χ4v) is 1.66. The molecule has 3 rings (SSSR count). The van der Waals surface area contributed by atoms with E-state index < -0.39 is 0 Å². The van der Waals surface area contributed by atoms with Crippen molar-refractivity contribution in [2.24, 2.45) is 0 Å². The average Bonchev–Trinajstić information content (AvgIpc) is 2.83. The van der Waals surface area contributed by atoms with Gasteiger partial charge < -0.3 is 4.98 Å². The fourth-order valence-electron chi connectivity index (χ4n) is 1.66. The van der Waals surface area contributed by atoms with Crippen molar-refractivity contribution in [1.29, 1.82) is 0 Å². The van der Waals surface area contributed by atoms with Crippen LogP contribution in [0.15, 0.2) is 41.7 Å². The Bertz CT molecular complexity index is 685. The van der Waals surface area contributed by atoms with Gasteiger partial charge in [0.2, 0.25) is 0 Å². The van der Waals surface area contributed by atoms with Crippen LogP contribution in [0.25, 0.3) is 22.0 Å². The van der Waals surface area contributed by atoms with Crippen LogP contribution in [0.5, 0.6) is 0 Å². The zero-order valence-corrected chi connectivity index (χ0v) is 8.27. The Balaban J connectivity index is 2.31. The minimum atomic E-state index is -0.129. The lowest BCUT2D eigenvalue weighted by Gasteiger charge is -1.99. The van der Waals surface area contributed by atoms with Crippen LogP contribution in [0.1, 0.15) is 0 Å². The van der Waals surface area contributed by atoms with Gasteiger partial charge >= 0.3 is 0 Å². The van der Waals surface area contributed by atoms with E-state index in [4.69, 9.17) is 0 Å². The molecule has 0 aliphatic rings. The molecule has 0 saturated heterocycles. The summed E-state index contributed by atoms with van der Waals surface area (Å²) in [5, 5.41) is 7.20. The molecule has 0 amide bonds. The molecule has 0 spiro atoms. The van der Waals surface area contributed by atoms with Crippen LogP contribution in [-0.4, -0.2) is 20.2 Å². The van der Waals surface area contributed by atoms with E-state index in [9.17, 15) is 4.79 Å². The lowest BCUT2D eigenvalue weighted by molar-refractivity contribution is 1.09. The first-order valence-electron chi connectivity index (χ1n) is 4.81. The molecule has 0 atom stereocenters. The molecule has 3 aromatic rings. The highest BCUT2D eigenvalue weighted by molar-refractivity contribution is 5.83. The summed E-state index contributed by atoms with van der Waals surface area (Å²) in [4.78, 5) is 18.2. The van der Waals surface area contributed by atoms with Gasteiger partial charge in [-0.1, -0.05) is 6.07 Å². The zero-order chi connectivity index (χ0) is 11.0. The average molecular weight is 212 g/mol. The monoisotopic (exact) mass is 212 g/mol. The number of hydrogen-bond donors (Lipinski definition) is 2. The lowest BCUT2D eigenvalue weighted by atomic mass is 10.1. The number of H-pyrrole nitrogens is 2. The maximum absolute atomic E-state index is 11.6. The highest BCUT2D eigenvalue weighted by Crippen LogP contribution is 2.20. The third-order valence-electron chi connectivity index (χ3n) is 2.47. The Kier molecular flexibility index (Phi) is 1.83. The molecule has 0 saturated carbocycles. The molecule has 5 heteroatoms. The highest BCUT2D eigenvalue weighted by Gasteiger charge is 2.03. The zero-order valence-electron chi connectivity index (χ0n) is 8.27. The molecule has 5 nitrogen and oxygen atoms in total. The molecule has 2 aromatic heterocycles. The van der Waals surface area contributed by atoms with Gasteiger partial charge in [0.1, 0.15) is 0 Å². The Morgan fingerprint density at radius 2 is 2.12 bits per heavy atom. The first kappa shape index (κ1) is 8.84. The number of hydrogen-bond acceptors (Lipinski definition) is 3. The number of aromatic amines is 2. The minimum absolute atomic E-state index is 0.129. The summed E-state index contributed by atoms with van der Waals surface area (Å²) in [6.07, 6.45) is 4.90. The summed E-state index contributed by atoms with van der Waals surface area (Å²) in [5.74, 6) is 0. The lowest BCUT2D eigenvalue weighted by Crippen LogP contribution is -2.05. The smallest absolute Gasteiger partial charge is 0.258 e. The van der Waals surface area contributed by atoms with Crippen LogP contribution in [0.2, 0.25) is 0 Å². The van der Waals surface area contributed by atoms with E-state index >= 15 is 0 Å². The second-order valence-corrected chi connectivity index (χ2v) is 3.45. The third kappa shape index (κ3) is 1.30. The number of aromatic nitrogens is 4. The Labute approximate surface area is 90.2 Å². The van der Waals surface area contributed by atoms with E-state index in [1.165, 1.54) is 6.33 Å². The standard InChI is InChI=1S/C11H8N4O/c16-11-9-3-7(8-4-14-15-5-8)1-2-10(9)12-6-13-11/h1-6H,(H,14,15)(H,12,13,16). The van der Waals surface area contributed by atoms with Crippen LogP contribution < -0.4 is 5.56 Å². The largest absolute Gasteiger partial charge is 0.313 e. The maximum atomic E-state index is 11.6. The van der Waals surface area contributed by atoms with E-state index in [-0.39, 0.29) is 5.56 Å². The first-order valence-corrected chi connectivity index (χ1v) is 4.81. The van der Waals surface area contributed by atoms with Gasteiger partial charge in [-0.05, 0) is 17.7 Å². The Morgan fingerprint density at radius 1 is 1.19 bits per heavy atom. The van der Waals surface area contributed by atoms with Crippen LogP contribution in [0.3, 0.4) is 0 Å². The summed E-state index contributed by atoms with van der Waals surface area (Å²) >= 11 is 0. The van der Waals surface area contributed by atoms with E-state index in [2.05, 4.69) is 20.2 Å². The minimum Gasteiger partial charge on any atom is -0.313 e. The van der Waals surface area contributed by atoms with Gasteiger partial charge in [-0.2, -0.15) is 5.10 Å². The van der Waals surface area contributed by atoms with Gasteiger partial charge in [-0.25, -0.2) is 4.98 Å². The number of rotatable bonds is 1. The van der Waals surface area contributed by atoms with Crippen molar-refractivity contribution < 1.29 is 0 Å². The van der Waals surface area contributed by atoms with Crippen molar-refractivity contribution in [3.8, 4) is 11.1 Å². The van der Waals surface area contributed by atoms with Crippen LogP contribution in [0.4, 0.5) is 0 Å². The summed E-state index contributed by atoms with van der Waals surface area (Å²) in [6.45, 7) is 0. The third-order valence-corrected chi connectivity index (χ3v) is 2.47. The van der Waals surface area contributed by atoms with Gasteiger partial charge in [-0.3, -0.25) is 9.89 Å². The van der Waals surface area contributed by atoms with E-state index in [0.29, 0.717) is 10.9 Å². The van der Waals surface area contributed by atoms with E-state index in [0.717, 1.165) is 11.1 Å². The van der Waals surface area contributed by atoms with Crippen molar-refractivity contribution in [2.45, 2.75) is 0 Å². The molecular weight excluding hydrogens is 204 g/mol. The number of benzene rings is 1. The summed E-state index contributed by atoms with van der Waals surface area (Å²) < 4.78 is 0. The van der Waals surface area contributed by atoms with Gasteiger partial charge in [0.25, 0.3) is 5.56 Å². The Hall–Kier alpha value is -2.43. The molecular formula is C11H8N4O. The molecule has 0 unspecified atom stereocenters. The van der Waals surface area contributed by atoms with Crippen LogP contribution in [0, 0.1) is 0 Å². The van der Waals surface area contributed by atoms with E-state index in [1.807, 2.05) is 18.2 Å². The molecule has 78 valence electrons. The molecule has 0 fully saturated rings. The second-order valence-electron chi connectivity index (χ2n) is 3.45. The molecule has 2 heterocycles. The molecule has 0 radical (unpaired) electrons. The predicted molar refractivity (Wildman–Crippen MR) is 59.9 cm³/mol. The van der Waals surface area contributed by atoms with Crippen molar-refractivity contribution >= 4 is 10.9 Å². The van der Waals surface area contributed by atoms with Crippen molar-refractivity contribution in [1.82, 2.24) is 20.2 Å². The van der Waals surface area contributed by atoms with Crippen molar-refractivity contribution in [3.05, 3.63) is 47.3 Å². The number of nitrogens with one attached hydrogen (secondary N) is 2. The van der Waals surface area contributed by atoms with Gasteiger partial charge in [0.05, 0.1) is 23.4 Å². The quantitative estimate of drug-likeness (QED) is 0.638. The van der Waals surface area contributed by atoms with E-state index in [1.54, 1.807) is 12.4 Å². The van der Waals surface area contributed by atoms with Crippen LogP contribution in [-0.2, 0) is 0 Å². The predicted octanol–water partition coefficient (Wildman–Crippen LogP) is 1.31. The first-order chi connectivity index (χ1) is 7.84.